The van der Waals surface area contributed by atoms with E-state index in [4.69, 9.17) is 4.74 Å². The molecule has 0 radical (unpaired) electrons. The van der Waals surface area contributed by atoms with Crippen molar-refractivity contribution in [2.24, 2.45) is 5.92 Å². The lowest BCUT2D eigenvalue weighted by molar-refractivity contribution is -0.153. The number of carbonyl (C=O) groups is 3. The predicted molar refractivity (Wildman–Crippen MR) is 121 cm³/mol. The third kappa shape index (κ3) is 7.28. The topological polar surface area (TPSA) is 75.7 Å². The smallest absolute Gasteiger partial charge is 0.309 e. The summed E-state index contributed by atoms with van der Waals surface area (Å²) in [5, 5.41) is 2.72. The number of thioether (sulfide) groups is 1. The van der Waals surface area contributed by atoms with Crippen LogP contribution in [0.1, 0.15) is 28.8 Å². The van der Waals surface area contributed by atoms with Crippen molar-refractivity contribution in [1.29, 1.82) is 0 Å². The van der Waals surface area contributed by atoms with E-state index in [1.165, 1.54) is 10.5 Å². The van der Waals surface area contributed by atoms with E-state index >= 15 is 0 Å². The molecule has 0 aromatic heterocycles. The quantitative estimate of drug-likeness (QED) is 0.358. The van der Waals surface area contributed by atoms with Crippen LogP contribution in [-0.4, -0.2) is 54.7 Å². The molecule has 2 aromatic rings. The first-order valence-electron chi connectivity index (χ1n) is 10.7. The van der Waals surface area contributed by atoms with Crippen LogP contribution in [0.4, 0.5) is 8.78 Å². The molecular weight excluding hydrogens is 450 g/mol. The first kappa shape index (κ1) is 24.7. The number of rotatable bonds is 8. The van der Waals surface area contributed by atoms with Crippen molar-refractivity contribution in [3.63, 3.8) is 0 Å². The summed E-state index contributed by atoms with van der Waals surface area (Å²) in [5.41, 5.74) is 0.989. The van der Waals surface area contributed by atoms with Crippen molar-refractivity contribution in [3.8, 4) is 0 Å². The standard InChI is InChI=1S/C24H26F2N2O4S/c1-16-2-5-19(6-3-16)33-13-10-27-22(29)15-32-24(31)17-8-11-28(12-9-17)23(30)20-7-4-18(25)14-21(20)26/h2-7,14,17H,8-13,15H2,1H3,(H,27,29). The number of halogens is 2. The third-order valence-electron chi connectivity index (χ3n) is 5.34. The van der Waals surface area contributed by atoms with Crippen LogP contribution in [0.15, 0.2) is 47.4 Å². The second kappa shape index (κ2) is 11.8. The highest BCUT2D eigenvalue weighted by atomic mass is 32.2. The maximum absolute atomic E-state index is 13.8. The fourth-order valence-corrected chi connectivity index (χ4v) is 4.22. The number of ether oxygens (including phenoxy) is 1. The van der Waals surface area contributed by atoms with Gasteiger partial charge in [0.1, 0.15) is 11.6 Å². The number of carbonyl (C=O) groups excluding carboxylic acids is 3. The van der Waals surface area contributed by atoms with E-state index in [2.05, 4.69) is 5.32 Å². The van der Waals surface area contributed by atoms with Crippen LogP contribution in [0.2, 0.25) is 0 Å². The molecular formula is C24H26F2N2O4S. The minimum Gasteiger partial charge on any atom is -0.455 e. The van der Waals surface area contributed by atoms with Crippen LogP contribution in [0.25, 0.3) is 0 Å². The summed E-state index contributed by atoms with van der Waals surface area (Å²) < 4.78 is 32.0. The van der Waals surface area contributed by atoms with Gasteiger partial charge in [-0.3, -0.25) is 14.4 Å². The van der Waals surface area contributed by atoms with Gasteiger partial charge in [-0.2, -0.15) is 0 Å². The van der Waals surface area contributed by atoms with Crippen molar-refractivity contribution in [3.05, 3.63) is 65.2 Å². The molecule has 176 valence electrons. The Bertz CT molecular complexity index is 992. The fraction of sp³-hybridized carbons (Fsp3) is 0.375. The van der Waals surface area contributed by atoms with E-state index in [1.807, 2.05) is 31.2 Å². The molecule has 1 N–H and O–H groups in total. The molecule has 9 heteroatoms. The Morgan fingerprint density at radius 3 is 2.45 bits per heavy atom. The number of hydrogen-bond donors (Lipinski definition) is 1. The number of likely N-dealkylation sites (tertiary alicyclic amines) is 1. The van der Waals surface area contributed by atoms with Crippen LogP contribution in [0.5, 0.6) is 0 Å². The molecule has 0 spiro atoms. The van der Waals surface area contributed by atoms with E-state index in [0.29, 0.717) is 31.2 Å². The summed E-state index contributed by atoms with van der Waals surface area (Å²) in [5.74, 6) is -2.79. The Morgan fingerprint density at radius 1 is 1.09 bits per heavy atom. The van der Waals surface area contributed by atoms with Gasteiger partial charge in [0, 0.05) is 36.3 Å². The lowest BCUT2D eigenvalue weighted by atomic mass is 9.96. The molecule has 1 aliphatic heterocycles. The molecule has 6 nitrogen and oxygen atoms in total. The van der Waals surface area contributed by atoms with Crippen LogP contribution in [-0.2, 0) is 14.3 Å². The number of aryl methyl sites for hydroxylation is 1. The van der Waals surface area contributed by atoms with Crippen molar-refractivity contribution in [2.75, 3.05) is 32.0 Å². The van der Waals surface area contributed by atoms with Crippen molar-refractivity contribution in [1.82, 2.24) is 10.2 Å². The van der Waals surface area contributed by atoms with Gasteiger partial charge in [0.2, 0.25) is 0 Å². The van der Waals surface area contributed by atoms with E-state index in [0.717, 1.165) is 17.0 Å². The van der Waals surface area contributed by atoms with Crippen LogP contribution in [0.3, 0.4) is 0 Å². The average molecular weight is 477 g/mol. The Labute approximate surface area is 195 Å². The largest absolute Gasteiger partial charge is 0.455 e. The van der Waals surface area contributed by atoms with Crippen LogP contribution < -0.4 is 5.32 Å². The molecule has 3 rings (SSSR count). The highest BCUT2D eigenvalue weighted by molar-refractivity contribution is 7.99. The second-order valence-corrected chi connectivity index (χ2v) is 8.98. The molecule has 1 fully saturated rings. The number of piperidine rings is 1. The van der Waals surface area contributed by atoms with Crippen LogP contribution >= 0.6 is 11.8 Å². The number of benzene rings is 2. The van der Waals surface area contributed by atoms with Crippen molar-refractivity contribution < 1.29 is 27.9 Å². The average Bonchev–Trinajstić information content (AvgIpc) is 2.81. The SMILES string of the molecule is Cc1ccc(SCCNC(=O)COC(=O)C2CCN(C(=O)c3ccc(F)cc3F)CC2)cc1. The lowest BCUT2D eigenvalue weighted by Gasteiger charge is -2.31. The Balaban J connectivity index is 1.33. The van der Waals surface area contributed by atoms with Gasteiger partial charge in [-0.25, -0.2) is 8.78 Å². The molecule has 0 aliphatic carbocycles. The van der Waals surface area contributed by atoms with Gasteiger partial charge in [-0.15, -0.1) is 11.8 Å². The molecule has 2 amide bonds. The molecule has 1 aliphatic rings. The lowest BCUT2D eigenvalue weighted by Crippen LogP contribution is -2.41. The summed E-state index contributed by atoms with van der Waals surface area (Å²) in [7, 11) is 0. The van der Waals surface area contributed by atoms with E-state index < -0.39 is 29.4 Å². The number of hydrogen-bond acceptors (Lipinski definition) is 5. The highest BCUT2D eigenvalue weighted by Crippen LogP contribution is 2.22. The monoisotopic (exact) mass is 476 g/mol. The zero-order chi connectivity index (χ0) is 23.8. The summed E-state index contributed by atoms with van der Waals surface area (Å²) >= 11 is 1.62. The summed E-state index contributed by atoms with van der Waals surface area (Å²) in [6.45, 7) is 2.62. The zero-order valence-corrected chi connectivity index (χ0v) is 19.1. The summed E-state index contributed by atoms with van der Waals surface area (Å²) in [6, 6.07) is 10.9. The van der Waals surface area contributed by atoms with Gasteiger partial charge in [-0.05, 0) is 44.0 Å². The van der Waals surface area contributed by atoms with Gasteiger partial charge in [-0.1, -0.05) is 17.7 Å². The Morgan fingerprint density at radius 2 is 1.79 bits per heavy atom. The molecule has 0 saturated carbocycles. The zero-order valence-electron chi connectivity index (χ0n) is 18.3. The first-order chi connectivity index (χ1) is 15.8. The van der Waals surface area contributed by atoms with E-state index in [1.54, 1.807) is 11.8 Å². The number of nitrogens with one attached hydrogen (secondary N) is 1. The normalized spacial score (nSPS) is 14.1. The van der Waals surface area contributed by atoms with Gasteiger partial charge >= 0.3 is 5.97 Å². The fourth-order valence-electron chi connectivity index (χ4n) is 3.45. The first-order valence-corrected chi connectivity index (χ1v) is 11.7. The molecule has 0 bridgehead atoms. The van der Waals surface area contributed by atoms with Gasteiger partial charge in [0.15, 0.2) is 6.61 Å². The number of nitrogens with zero attached hydrogens (tertiary/aromatic N) is 1. The van der Waals surface area contributed by atoms with E-state index in [-0.39, 0.29) is 31.2 Å². The minimum atomic E-state index is -0.912. The summed E-state index contributed by atoms with van der Waals surface area (Å²) in [4.78, 5) is 39.2. The van der Waals surface area contributed by atoms with E-state index in [9.17, 15) is 23.2 Å². The second-order valence-electron chi connectivity index (χ2n) is 7.81. The highest BCUT2D eigenvalue weighted by Gasteiger charge is 2.30. The number of esters is 1. The molecule has 0 unspecified atom stereocenters. The Kier molecular flexibility index (Phi) is 8.82. The maximum atomic E-state index is 13.8. The minimum absolute atomic E-state index is 0.199. The van der Waals surface area contributed by atoms with Gasteiger partial charge in [0.05, 0.1) is 11.5 Å². The molecule has 1 heterocycles. The molecule has 0 atom stereocenters. The van der Waals surface area contributed by atoms with Crippen LogP contribution in [0, 0.1) is 24.5 Å². The van der Waals surface area contributed by atoms with Crippen molar-refractivity contribution >= 4 is 29.5 Å². The van der Waals surface area contributed by atoms with Crippen molar-refractivity contribution in [2.45, 2.75) is 24.7 Å². The third-order valence-corrected chi connectivity index (χ3v) is 6.35. The maximum Gasteiger partial charge on any atom is 0.309 e. The predicted octanol–water partition coefficient (Wildman–Crippen LogP) is 3.58. The Hall–Kier alpha value is -2.94. The molecule has 2 aromatic carbocycles. The number of amides is 2. The molecule has 33 heavy (non-hydrogen) atoms. The van der Waals surface area contributed by atoms with Gasteiger partial charge in [0.25, 0.3) is 11.8 Å². The summed E-state index contributed by atoms with van der Waals surface area (Å²) in [6.07, 6.45) is 0.699. The molecule has 1 saturated heterocycles. The van der Waals surface area contributed by atoms with Gasteiger partial charge < -0.3 is 15.0 Å².